The third-order valence-corrected chi connectivity index (χ3v) is 3.33. The molecule has 1 saturated heterocycles. The Morgan fingerprint density at radius 2 is 1.60 bits per heavy atom. The first-order valence-corrected chi connectivity index (χ1v) is 5.60. The fraction of sp³-hybridized carbons (Fsp3) is 0.400. The molecular weight excluding hydrogens is 253 g/mol. The zero-order valence-corrected chi connectivity index (χ0v) is 10.7. The van der Waals surface area contributed by atoms with Crippen LogP contribution in [0.25, 0.3) is 0 Å². The summed E-state index contributed by atoms with van der Waals surface area (Å²) in [5.74, 6) is -3.37. The molecule has 12 radical (unpaired) electrons. The average Bonchev–Trinajstić information content (AvgIpc) is 2.30. The maximum Gasteiger partial charge on any atom is 0.199 e. The molecule has 0 saturated carbocycles. The number of benzene rings is 1. The Hall–Kier alpha value is -0.770. The SMILES string of the molecule is [B]c1cc([B])c(OC2([B])C([B])([B])NC2([B])C)c(F)c1F. The molecule has 0 aliphatic carbocycles. The highest BCUT2D eigenvalue weighted by Crippen LogP contribution is 2.40. The second-order valence-electron chi connectivity index (χ2n) is 5.05. The molecule has 0 bridgehead atoms. The minimum absolute atomic E-state index is 0.260. The van der Waals surface area contributed by atoms with Crippen molar-refractivity contribution in [2.45, 2.75) is 23.2 Å². The van der Waals surface area contributed by atoms with Crippen molar-refractivity contribution in [2.75, 3.05) is 0 Å². The van der Waals surface area contributed by atoms with E-state index in [1.165, 1.54) is 6.92 Å². The van der Waals surface area contributed by atoms with E-state index in [1.54, 1.807) is 0 Å². The van der Waals surface area contributed by atoms with Crippen molar-refractivity contribution in [1.82, 2.24) is 5.32 Å². The van der Waals surface area contributed by atoms with Gasteiger partial charge in [-0.15, -0.1) is 0 Å². The molecule has 88 valence electrons. The molecule has 20 heavy (non-hydrogen) atoms. The molecule has 1 fully saturated rings. The molecule has 2 rings (SSSR count). The lowest BCUT2D eigenvalue weighted by Gasteiger charge is -2.68. The van der Waals surface area contributed by atoms with Crippen LogP contribution in [0.15, 0.2) is 6.07 Å². The van der Waals surface area contributed by atoms with E-state index < -0.39 is 39.1 Å². The lowest BCUT2D eigenvalue weighted by Crippen LogP contribution is -2.93. The van der Waals surface area contributed by atoms with Gasteiger partial charge in [0.25, 0.3) is 0 Å². The highest BCUT2D eigenvalue weighted by Gasteiger charge is 2.62. The maximum absolute atomic E-state index is 13.9. The van der Waals surface area contributed by atoms with Crippen molar-refractivity contribution in [2.24, 2.45) is 0 Å². The van der Waals surface area contributed by atoms with Gasteiger partial charge in [-0.3, -0.25) is 0 Å². The fourth-order valence-corrected chi connectivity index (χ4v) is 2.09. The molecule has 2 nitrogen and oxygen atoms in total. The normalized spacial score (nSPS) is 31.6. The van der Waals surface area contributed by atoms with Crippen LogP contribution < -0.4 is 21.0 Å². The third-order valence-electron chi connectivity index (χ3n) is 3.33. The monoisotopic (exact) mass is 259 g/mol. The van der Waals surface area contributed by atoms with Gasteiger partial charge in [-0.05, 0) is 5.34 Å². The number of halogens is 2. The van der Waals surface area contributed by atoms with E-state index in [0.717, 1.165) is 6.07 Å². The Balaban J connectivity index is 2.48. The van der Waals surface area contributed by atoms with Gasteiger partial charge in [-0.2, -0.15) is 4.39 Å². The van der Waals surface area contributed by atoms with Crippen molar-refractivity contribution in [3.63, 3.8) is 0 Å². The van der Waals surface area contributed by atoms with Crippen molar-refractivity contribution >= 4 is 58.0 Å². The van der Waals surface area contributed by atoms with E-state index in [2.05, 4.69) is 5.32 Å². The smallest absolute Gasteiger partial charge is 0.199 e. The predicted octanol–water partition coefficient (Wildman–Crippen LogP) is -2.73. The molecule has 1 aliphatic rings. The van der Waals surface area contributed by atoms with Crippen LogP contribution in [0.4, 0.5) is 8.78 Å². The van der Waals surface area contributed by atoms with E-state index in [1.807, 2.05) is 0 Å². The Bertz CT molecular complexity index is 565. The molecule has 0 spiro atoms. The topological polar surface area (TPSA) is 21.3 Å². The zero-order chi connectivity index (χ0) is 15.5. The first-order valence-electron chi connectivity index (χ1n) is 5.60. The van der Waals surface area contributed by atoms with Crippen LogP contribution in [0.5, 0.6) is 5.75 Å². The van der Waals surface area contributed by atoms with Gasteiger partial charge >= 0.3 is 0 Å². The van der Waals surface area contributed by atoms with Crippen LogP contribution in [-0.4, -0.2) is 63.4 Å². The summed E-state index contributed by atoms with van der Waals surface area (Å²) in [6.07, 6.45) is 0. The number of nitrogens with one attached hydrogen (secondary N) is 1. The van der Waals surface area contributed by atoms with E-state index in [9.17, 15) is 8.78 Å². The highest BCUT2D eigenvalue weighted by atomic mass is 19.2. The number of ether oxygens (including phenoxy) is 1. The predicted molar refractivity (Wildman–Crippen MR) is 77.8 cm³/mol. The van der Waals surface area contributed by atoms with Gasteiger partial charge in [0.05, 0.1) is 29.0 Å². The molecule has 2 unspecified atom stereocenters. The second kappa shape index (κ2) is 4.36. The van der Waals surface area contributed by atoms with Crippen molar-refractivity contribution in [3.05, 3.63) is 17.7 Å². The molecule has 10 heteroatoms. The summed E-state index contributed by atoms with van der Waals surface area (Å²) in [5, 5.41) is 0.779. The van der Waals surface area contributed by atoms with Crippen molar-refractivity contribution in [1.29, 1.82) is 0 Å². The molecular formula is C10H5B6F2NO. The Kier molecular flexibility index (Phi) is 3.40. The second-order valence-corrected chi connectivity index (χ2v) is 5.05. The van der Waals surface area contributed by atoms with Crippen molar-refractivity contribution < 1.29 is 13.5 Å². The Labute approximate surface area is 124 Å². The van der Waals surface area contributed by atoms with Gasteiger partial charge in [0.2, 0.25) is 0 Å². The molecule has 1 heterocycles. The molecule has 1 aromatic rings. The Morgan fingerprint density at radius 1 is 1.05 bits per heavy atom. The third kappa shape index (κ3) is 1.95. The van der Waals surface area contributed by atoms with Gasteiger partial charge in [-0.1, -0.05) is 23.9 Å². The van der Waals surface area contributed by atoms with Gasteiger partial charge < -0.3 is 10.1 Å². The Morgan fingerprint density at radius 3 is 2.05 bits per heavy atom. The van der Waals surface area contributed by atoms with E-state index in [0.29, 0.717) is 0 Å². The lowest BCUT2D eigenvalue weighted by atomic mass is 9.32. The van der Waals surface area contributed by atoms with E-state index >= 15 is 0 Å². The summed E-state index contributed by atoms with van der Waals surface area (Å²) in [6, 6.07) is 0.992. The quantitative estimate of drug-likeness (QED) is 0.582. The largest absolute Gasteiger partial charge is 0.493 e. The first kappa shape index (κ1) is 15.6. The first-order chi connectivity index (χ1) is 8.93. The van der Waals surface area contributed by atoms with Gasteiger partial charge in [0.15, 0.2) is 17.4 Å². The fourth-order valence-electron chi connectivity index (χ4n) is 2.09. The lowest BCUT2D eigenvalue weighted by molar-refractivity contribution is -0.0139. The van der Waals surface area contributed by atoms with E-state index in [4.69, 9.17) is 51.8 Å². The number of rotatable bonds is 2. The van der Waals surface area contributed by atoms with Gasteiger partial charge in [0, 0.05) is 5.44 Å². The summed E-state index contributed by atoms with van der Waals surface area (Å²) in [6.45, 7) is 1.42. The molecule has 0 aromatic heterocycles. The molecule has 0 amide bonds. The highest BCUT2D eigenvalue weighted by molar-refractivity contribution is 6.49. The molecule has 1 aliphatic heterocycles. The van der Waals surface area contributed by atoms with Crippen LogP contribution in [0, 0.1) is 11.6 Å². The standard InChI is InChI=1S/C10H5B6F2NO/c1-8(13)9(14,10(15,16)19-8)20-7-4(12)2-3(11)5(17)6(7)18/h2,19H,1H3. The summed E-state index contributed by atoms with van der Waals surface area (Å²) >= 11 is 0. The summed E-state index contributed by atoms with van der Waals surface area (Å²) in [4.78, 5) is 0. The molecule has 1 N–H and O–H groups in total. The summed E-state index contributed by atoms with van der Waals surface area (Å²) in [5.41, 5.74) is -4.03. The van der Waals surface area contributed by atoms with E-state index in [-0.39, 0.29) is 5.46 Å². The maximum atomic E-state index is 13.9. The number of hydrogen-bond donors (Lipinski definition) is 1. The molecule has 2 atom stereocenters. The molecule has 1 aromatic carbocycles. The number of hydrogen-bond acceptors (Lipinski definition) is 2. The minimum Gasteiger partial charge on any atom is -0.493 e. The van der Waals surface area contributed by atoms with Gasteiger partial charge in [0.1, 0.15) is 23.5 Å². The zero-order valence-electron chi connectivity index (χ0n) is 10.7. The summed E-state index contributed by atoms with van der Waals surface area (Å²) in [7, 11) is 33.7. The van der Waals surface area contributed by atoms with Crippen LogP contribution in [0.2, 0.25) is 0 Å². The van der Waals surface area contributed by atoms with Gasteiger partial charge in [-0.25, -0.2) is 4.39 Å². The van der Waals surface area contributed by atoms with Crippen LogP contribution in [-0.2, 0) is 0 Å². The summed E-state index contributed by atoms with van der Waals surface area (Å²) < 4.78 is 32.5. The van der Waals surface area contributed by atoms with Crippen molar-refractivity contribution in [3.8, 4) is 5.75 Å². The van der Waals surface area contributed by atoms with Crippen LogP contribution in [0.3, 0.4) is 0 Å². The van der Waals surface area contributed by atoms with Crippen LogP contribution >= 0.6 is 0 Å². The average molecular weight is 258 g/mol. The van der Waals surface area contributed by atoms with Crippen LogP contribution in [0.1, 0.15) is 6.92 Å². The minimum atomic E-state index is -1.92.